The van der Waals surface area contributed by atoms with Crippen molar-refractivity contribution in [2.24, 2.45) is 0 Å². The second kappa shape index (κ2) is 9.30. The highest BCUT2D eigenvalue weighted by molar-refractivity contribution is 5.92. The van der Waals surface area contributed by atoms with E-state index in [4.69, 9.17) is 14.2 Å². The minimum Gasteiger partial charge on any atom is -0.493 e. The van der Waals surface area contributed by atoms with Gasteiger partial charge >= 0.3 is 0 Å². The van der Waals surface area contributed by atoms with Crippen LogP contribution in [0.2, 0.25) is 0 Å². The van der Waals surface area contributed by atoms with Crippen LogP contribution >= 0.6 is 0 Å². The van der Waals surface area contributed by atoms with E-state index in [1.165, 1.54) is 33.5 Å². The summed E-state index contributed by atoms with van der Waals surface area (Å²) in [6.07, 6.45) is 0.0795. The summed E-state index contributed by atoms with van der Waals surface area (Å²) >= 11 is 0. The van der Waals surface area contributed by atoms with Crippen LogP contribution in [0, 0.1) is 5.82 Å². The first-order valence-electron chi connectivity index (χ1n) is 10.1. The molecule has 0 unspecified atom stereocenters. The van der Waals surface area contributed by atoms with E-state index in [2.05, 4.69) is 10.4 Å². The molecule has 1 heterocycles. The third-order valence-corrected chi connectivity index (χ3v) is 4.91. The van der Waals surface area contributed by atoms with E-state index in [0.717, 1.165) is 5.69 Å². The lowest BCUT2D eigenvalue weighted by molar-refractivity contribution is -0.115. The number of hydrogen-bond donors (Lipinski definition) is 1. The molecule has 0 fully saturated rings. The minimum atomic E-state index is -0.343. The summed E-state index contributed by atoms with van der Waals surface area (Å²) in [5.41, 5.74) is 1.90. The number of hydrogen-bond acceptors (Lipinski definition) is 5. The molecule has 0 spiro atoms. The van der Waals surface area contributed by atoms with Crippen molar-refractivity contribution in [2.75, 3.05) is 26.6 Å². The van der Waals surface area contributed by atoms with Crippen molar-refractivity contribution in [1.82, 2.24) is 9.78 Å². The van der Waals surface area contributed by atoms with Crippen LogP contribution in [0.25, 0.3) is 5.69 Å². The zero-order chi connectivity index (χ0) is 23.5. The second-order valence-electron chi connectivity index (χ2n) is 8.31. The highest BCUT2D eigenvalue weighted by Crippen LogP contribution is 2.38. The van der Waals surface area contributed by atoms with E-state index in [0.29, 0.717) is 34.3 Å². The van der Waals surface area contributed by atoms with Gasteiger partial charge in [-0.25, -0.2) is 9.07 Å². The molecule has 0 saturated heterocycles. The van der Waals surface area contributed by atoms with E-state index < -0.39 is 0 Å². The van der Waals surface area contributed by atoms with E-state index in [9.17, 15) is 9.18 Å². The molecular weight excluding hydrogens is 413 g/mol. The Balaban J connectivity index is 1.91. The summed E-state index contributed by atoms with van der Waals surface area (Å²) in [6, 6.07) is 11.2. The number of methoxy groups -OCH3 is 3. The molecule has 0 radical (unpaired) electrons. The highest BCUT2D eigenvalue weighted by Gasteiger charge is 2.22. The van der Waals surface area contributed by atoms with Crippen LogP contribution in [-0.4, -0.2) is 37.0 Å². The van der Waals surface area contributed by atoms with E-state index in [1.807, 2.05) is 26.8 Å². The third-order valence-electron chi connectivity index (χ3n) is 4.91. The van der Waals surface area contributed by atoms with Crippen molar-refractivity contribution in [3.8, 4) is 22.9 Å². The van der Waals surface area contributed by atoms with Gasteiger partial charge in [-0.2, -0.15) is 5.10 Å². The van der Waals surface area contributed by atoms with Crippen molar-refractivity contribution in [2.45, 2.75) is 32.6 Å². The average molecular weight is 442 g/mol. The summed E-state index contributed by atoms with van der Waals surface area (Å²) in [7, 11) is 4.57. The first-order chi connectivity index (χ1) is 15.2. The van der Waals surface area contributed by atoms with Gasteiger partial charge in [0.05, 0.1) is 39.1 Å². The van der Waals surface area contributed by atoms with Gasteiger partial charge in [0.15, 0.2) is 11.5 Å². The number of ether oxygens (including phenoxy) is 3. The van der Waals surface area contributed by atoms with E-state index in [-0.39, 0.29) is 23.6 Å². The zero-order valence-electron chi connectivity index (χ0n) is 19.2. The molecule has 32 heavy (non-hydrogen) atoms. The van der Waals surface area contributed by atoms with Crippen LogP contribution < -0.4 is 19.5 Å². The molecule has 170 valence electrons. The maximum atomic E-state index is 13.4. The molecule has 3 rings (SSSR count). The molecule has 3 aromatic rings. The van der Waals surface area contributed by atoms with Gasteiger partial charge in [0.1, 0.15) is 11.6 Å². The molecule has 7 nitrogen and oxygen atoms in total. The lowest BCUT2D eigenvalue weighted by Crippen LogP contribution is -2.17. The van der Waals surface area contributed by atoms with E-state index >= 15 is 0 Å². The van der Waals surface area contributed by atoms with E-state index in [1.54, 1.807) is 28.9 Å². The van der Waals surface area contributed by atoms with Gasteiger partial charge in [-0.05, 0) is 42.0 Å². The fraction of sp³-hybridized carbons (Fsp3) is 0.333. The molecule has 0 aliphatic heterocycles. The number of anilines is 1. The molecule has 0 saturated carbocycles. The highest BCUT2D eigenvalue weighted by atomic mass is 19.1. The average Bonchev–Trinajstić information content (AvgIpc) is 3.17. The Morgan fingerprint density at radius 2 is 1.59 bits per heavy atom. The Labute approximate surface area is 187 Å². The summed E-state index contributed by atoms with van der Waals surface area (Å²) in [4.78, 5) is 12.9. The minimum absolute atomic E-state index is 0.0795. The predicted molar refractivity (Wildman–Crippen MR) is 121 cm³/mol. The van der Waals surface area contributed by atoms with Crippen molar-refractivity contribution in [1.29, 1.82) is 0 Å². The molecule has 1 aromatic heterocycles. The van der Waals surface area contributed by atoms with Crippen LogP contribution in [0.5, 0.6) is 17.2 Å². The number of rotatable bonds is 7. The van der Waals surface area contributed by atoms with Crippen molar-refractivity contribution < 1.29 is 23.4 Å². The Hall–Kier alpha value is -3.55. The number of carbonyl (C=O) groups is 1. The molecule has 0 aliphatic rings. The monoisotopic (exact) mass is 441 g/mol. The van der Waals surface area contributed by atoms with Crippen LogP contribution in [-0.2, 0) is 16.6 Å². The number of carbonyl (C=O) groups excluding carboxylic acids is 1. The normalized spacial score (nSPS) is 11.2. The lowest BCUT2D eigenvalue weighted by Gasteiger charge is -2.14. The Kier molecular flexibility index (Phi) is 6.72. The number of nitrogens with zero attached hydrogens (tertiary/aromatic N) is 2. The van der Waals surface area contributed by atoms with Crippen LogP contribution in [0.1, 0.15) is 32.0 Å². The topological polar surface area (TPSA) is 74.6 Å². The quantitative estimate of drug-likeness (QED) is 0.584. The number of halogens is 1. The smallest absolute Gasteiger partial charge is 0.229 e. The van der Waals surface area contributed by atoms with Crippen LogP contribution in [0.4, 0.5) is 10.2 Å². The molecule has 0 atom stereocenters. The Morgan fingerprint density at radius 1 is 1.00 bits per heavy atom. The van der Waals surface area contributed by atoms with Gasteiger partial charge in [-0.3, -0.25) is 4.79 Å². The SMILES string of the molecule is COc1cc(CC(=O)Nc2cc(C(C)(C)C)nn2-c2ccc(F)cc2)cc(OC)c1OC. The molecule has 2 aromatic carbocycles. The molecule has 8 heteroatoms. The maximum absolute atomic E-state index is 13.4. The largest absolute Gasteiger partial charge is 0.493 e. The Morgan fingerprint density at radius 3 is 2.09 bits per heavy atom. The van der Waals surface area contributed by atoms with Gasteiger partial charge in [-0.1, -0.05) is 20.8 Å². The summed E-state index contributed by atoms with van der Waals surface area (Å²) in [6.45, 7) is 6.10. The van der Waals surface area contributed by atoms with Crippen LogP contribution in [0.15, 0.2) is 42.5 Å². The molecule has 1 amide bonds. The Bertz CT molecular complexity index is 1080. The van der Waals surface area contributed by atoms with Gasteiger partial charge in [0.2, 0.25) is 11.7 Å². The van der Waals surface area contributed by atoms with Crippen molar-refractivity contribution >= 4 is 11.7 Å². The van der Waals surface area contributed by atoms with Gasteiger partial charge in [0.25, 0.3) is 0 Å². The van der Waals surface area contributed by atoms with Crippen molar-refractivity contribution in [3.05, 3.63) is 59.5 Å². The first-order valence-corrected chi connectivity index (χ1v) is 10.1. The molecule has 0 aliphatic carbocycles. The summed E-state index contributed by atoms with van der Waals surface area (Å²) in [5.74, 6) is 1.32. The number of nitrogens with one attached hydrogen (secondary N) is 1. The summed E-state index contributed by atoms with van der Waals surface area (Å²) < 4.78 is 31.1. The molecular formula is C24H28FN3O4. The molecule has 0 bridgehead atoms. The lowest BCUT2D eigenvalue weighted by atomic mass is 9.92. The number of benzene rings is 2. The fourth-order valence-corrected chi connectivity index (χ4v) is 3.23. The maximum Gasteiger partial charge on any atom is 0.229 e. The third kappa shape index (κ3) is 5.01. The van der Waals surface area contributed by atoms with Gasteiger partial charge in [0, 0.05) is 11.5 Å². The van der Waals surface area contributed by atoms with Gasteiger partial charge < -0.3 is 19.5 Å². The predicted octanol–water partition coefficient (Wildman–Crippen LogP) is 4.52. The molecule has 1 N–H and O–H groups in total. The summed E-state index contributed by atoms with van der Waals surface area (Å²) in [5, 5.41) is 7.56. The first kappa shape index (κ1) is 23.1. The number of aromatic nitrogens is 2. The fourth-order valence-electron chi connectivity index (χ4n) is 3.23. The van der Waals surface area contributed by atoms with Gasteiger partial charge in [-0.15, -0.1) is 0 Å². The zero-order valence-corrected chi connectivity index (χ0v) is 19.2. The number of amides is 1. The standard InChI is InChI=1S/C24H28FN3O4/c1-24(2,3)20-14-21(28(27-20)17-9-7-16(25)8-10-17)26-22(29)13-15-11-18(30-4)23(32-6)19(12-15)31-5/h7-12,14H,13H2,1-6H3,(H,26,29). The second-order valence-corrected chi connectivity index (χ2v) is 8.31. The van der Waals surface area contributed by atoms with Crippen LogP contribution in [0.3, 0.4) is 0 Å². The van der Waals surface area contributed by atoms with Crippen molar-refractivity contribution in [3.63, 3.8) is 0 Å².